The van der Waals surface area contributed by atoms with Crippen LogP contribution < -0.4 is 27.4 Å². The molecule has 10 N–H and O–H groups in total. The highest BCUT2D eigenvalue weighted by Gasteiger charge is 2.32. The summed E-state index contributed by atoms with van der Waals surface area (Å²) >= 11 is 0. The van der Waals surface area contributed by atoms with Crippen molar-refractivity contribution in [2.45, 2.75) is 83.0 Å². The number of unbranched alkanes of at least 4 members (excludes halogenated alkanes) is 1. The lowest BCUT2D eigenvalue weighted by Gasteiger charge is -2.26. The van der Waals surface area contributed by atoms with Gasteiger partial charge in [0.15, 0.2) is 0 Å². The second-order valence-corrected chi connectivity index (χ2v) is 8.25. The van der Waals surface area contributed by atoms with Gasteiger partial charge in [-0.15, -0.1) is 0 Å². The molecule has 0 bridgehead atoms. The molecule has 3 amide bonds. The molecule has 0 saturated carbocycles. The SMILES string of the molecule is CCC(C)C(NC(=O)C(CCC(=O)O)NC(=O)C(CC(=O)O)NC(=O)C(N)CCCCN)C(=O)O. The maximum atomic E-state index is 12.8. The largest absolute Gasteiger partial charge is 0.481 e. The molecule has 5 atom stereocenters. The number of aliphatic carboxylic acids is 3. The molecule has 35 heavy (non-hydrogen) atoms. The highest BCUT2D eigenvalue weighted by molar-refractivity contribution is 5.95. The van der Waals surface area contributed by atoms with Crippen LogP contribution in [0.1, 0.15) is 58.8 Å². The van der Waals surface area contributed by atoms with Gasteiger partial charge in [-0.1, -0.05) is 26.7 Å². The summed E-state index contributed by atoms with van der Waals surface area (Å²) in [7, 11) is 0. The quantitative estimate of drug-likeness (QED) is 0.0985. The average Bonchev–Trinajstić information content (AvgIpc) is 2.78. The first-order chi connectivity index (χ1) is 16.3. The minimum atomic E-state index is -1.61. The molecule has 14 nitrogen and oxygen atoms in total. The minimum Gasteiger partial charge on any atom is -0.481 e. The zero-order valence-corrected chi connectivity index (χ0v) is 20.0. The zero-order chi connectivity index (χ0) is 27.1. The predicted molar refractivity (Wildman–Crippen MR) is 123 cm³/mol. The molecule has 0 aromatic rings. The van der Waals surface area contributed by atoms with Crippen LogP contribution >= 0.6 is 0 Å². The maximum Gasteiger partial charge on any atom is 0.326 e. The standard InChI is InChI=1S/C21H37N5O9/c1-3-11(2)17(21(34)35)26-19(32)13(7-8-15(27)28)24-20(33)14(10-16(29)30)25-18(31)12(23)6-4-5-9-22/h11-14,17H,3-10,22-23H2,1-2H3,(H,24,33)(H,25,31)(H,26,32)(H,27,28)(H,29,30)(H,34,35). The first-order valence-electron chi connectivity index (χ1n) is 11.4. The highest BCUT2D eigenvalue weighted by atomic mass is 16.4. The highest BCUT2D eigenvalue weighted by Crippen LogP contribution is 2.10. The van der Waals surface area contributed by atoms with Crippen molar-refractivity contribution in [1.82, 2.24) is 16.0 Å². The lowest BCUT2D eigenvalue weighted by atomic mass is 9.98. The van der Waals surface area contributed by atoms with E-state index in [4.69, 9.17) is 21.7 Å². The monoisotopic (exact) mass is 503 g/mol. The number of hydrogen-bond acceptors (Lipinski definition) is 8. The molecule has 200 valence electrons. The Balaban J connectivity index is 5.56. The van der Waals surface area contributed by atoms with E-state index >= 15 is 0 Å². The summed E-state index contributed by atoms with van der Waals surface area (Å²) in [6, 6.07) is -5.41. The van der Waals surface area contributed by atoms with Crippen molar-refractivity contribution in [1.29, 1.82) is 0 Å². The number of carbonyl (C=O) groups excluding carboxylic acids is 3. The van der Waals surface area contributed by atoms with Crippen molar-refractivity contribution in [3.05, 3.63) is 0 Å². The Morgan fingerprint density at radius 1 is 0.800 bits per heavy atom. The van der Waals surface area contributed by atoms with E-state index in [0.717, 1.165) is 0 Å². The topological polar surface area (TPSA) is 251 Å². The summed E-state index contributed by atoms with van der Waals surface area (Å²) in [5.41, 5.74) is 11.2. The fraction of sp³-hybridized carbons (Fsp3) is 0.714. The van der Waals surface area contributed by atoms with Gasteiger partial charge in [0, 0.05) is 6.42 Å². The second-order valence-electron chi connectivity index (χ2n) is 8.25. The van der Waals surface area contributed by atoms with E-state index in [-0.39, 0.29) is 6.42 Å². The molecule has 0 aliphatic rings. The number of nitrogens with two attached hydrogens (primary N) is 2. The van der Waals surface area contributed by atoms with Gasteiger partial charge in [-0.25, -0.2) is 4.79 Å². The molecule has 0 aromatic heterocycles. The van der Waals surface area contributed by atoms with E-state index in [1.165, 1.54) is 0 Å². The number of hydrogen-bond donors (Lipinski definition) is 8. The molecule has 0 aliphatic carbocycles. The summed E-state index contributed by atoms with van der Waals surface area (Å²) in [6.45, 7) is 3.72. The molecule has 0 rings (SSSR count). The Morgan fingerprint density at radius 3 is 1.86 bits per heavy atom. The number of nitrogens with one attached hydrogen (secondary N) is 3. The molecule has 5 unspecified atom stereocenters. The van der Waals surface area contributed by atoms with Crippen LogP contribution in [0.2, 0.25) is 0 Å². The molecule has 14 heteroatoms. The van der Waals surface area contributed by atoms with Gasteiger partial charge in [-0.3, -0.25) is 24.0 Å². The number of carbonyl (C=O) groups is 6. The second kappa shape index (κ2) is 16.4. The van der Waals surface area contributed by atoms with Gasteiger partial charge in [0.1, 0.15) is 18.1 Å². The third-order valence-electron chi connectivity index (χ3n) is 5.37. The summed E-state index contributed by atoms with van der Waals surface area (Å²) in [5, 5.41) is 34.3. The number of carboxylic acids is 3. The fourth-order valence-corrected chi connectivity index (χ4v) is 3.05. The van der Waals surface area contributed by atoms with Gasteiger partial charge in [-0.05, 0) is 31.7 Å². The molecule has 0 heterocycles. The predicted octanol–water partition coefficient (Wildman–Crippen LogP) is -1.63. The summed E-state index contributed by atoms with van der Waals surface area (Å²) in [5.74, 6) is -7.26. The van der Waals surface area contributed by atoms with E-state index in [9.17, 15) is 33.9 Å². The number of amides is 3. The first kappa shape index (κ1) is 31.7. The van der Waals surface area contributed by atoms with Crippen molar-refractivity contribution < 1.29 is 44.1 Å². The van der Waals surface area contributed by atoms with Crippen LogP contribution in [0, 0.1) is 5.92 Å². The zero-order valence-electron chi connectivity index (χ0n) is 20.0. The van der Waals surface area contributed by atoms with Crippen LogP contribution in [0.15, 0.2) is 0 Å². The van der Waals surface area contributed by atoms with Crippen molar-refractivity contribution in [3.63, 3.8) is 0 Å². The van der Waals surface area contributed by atoms with Gasteiger partial charge < -0.3 is 42.7 Å². The van der Waals surface area contributed by atoms with Crippen molar-refractivity contribution in [3.8, 4) is 0 Å². The van der Waals surface area contributed by atoms with Gasteiger partial charge in [-0.2, -0.15) is 0 Å². The Morgan fingerprint density at radius 2 is 1.37 bits per heavy atom. The van der Waals surface area contributed by atoms with E-state index in [0.29, 0.717) is 25.8 Å². The summed E-state index contributed by atoms with van der Waals surface area (Å²) < 4.78 is 0. The fourth-order valence-electron chi connectivity index (χ4n) is 3.05. The van der Waals surface area contributed by atoms with E-state index in [1.54, 1.807) is 13.8 Å². The van der Waals surface area contributed by atoms with E-state index < -0.39 is 85.0 Å². The lowest BCUT2D eigenvalue weighted by Crippen LogP contribution is -2.58. The van der Waals surface area contributed by atoms with Crippen LogP contribution in [0.25, 0.3) is 0 Å². The molecule has 0 aromatic carbocycles. The molecular weight excluding hydrogens is 466 g/mol. The lowest BCUT2D eigenvalue weighted by molar-refractivity contribution is -0.144. The average molecular weight is 504 g/mol. The molecule has 0 spiro atoms. The third kappa shape index (κ3) is 12.7. The Bertz CT molecular complexity index is 761. The van der Waals surface area contributed by atoms with Crippen molar-refractivity contribution in [2.24, 2.45) is 17.4 Å². The first-order valence-corrected chi connectivity index (χ1v) is 11.4. The van der Waals surface area contributed by atoms with Gasteiger partial charge in [0.05, 0.1) is 12.5 Å². The van der Waals surface area contributed by atoms with Crippen LogP contribution in [-0.2, 0) is 28.8 Å². The van der Waals surface area contributed by atoms with Gasteiger partial charge in [0.2, 0.25) is 17.7 Å². The normalized spacial score (nSPS) is 15.1. The van der Waals surface area contributed by atoms with Gasteiger partial charge >= 0.3 is 17.9 Å². The molecule has 0 aliphatic heterocycles. The Hall–Kier alpha value is -3.26. The smallest absolute Gasteiger partial charge is 0.326 e. The molecule has 0 fully saturated rings. The van der Waals surface area contributed by atoms with Crippen molar-refractivity contribution >= 4 is 35.6 Å². The van der Waals surface area contributed by atoms with E-state index in [2.05, 4.69) is 16.0 Å². The molecular formula is C21H37N5O9. The molecule has 0 saturated heterocycles. The van der Waals surface area contributed by atoms with E-state index in [1.807, 2.05) is 0 Å². The van der Waals surface area contributed by atoms with Crippen LogP contribution in [-0.4, -0.2) is 81.7 Å². The Labute approximate surface area is 203 Å². The van der Waals surface area contributed by atoms with Crippen LogP contribution in [0.5, 0.6) is 0 Å². The third-order valence-corrected chi connectivity index (χ3v) is 5.37. The number of rotatable bonds is 18. The van der Waals surface area contributed by atoms with Crippen LogP contribution in [0.3, 0.4) is 0 Å². The summed E-state index contributed by atoms with van der Waals surface area (Å²) in [4.78, 5) is 71.6. The van der Waals surface area contributed by atoms with Crippen molar-refractivity contribution in [2.75, 3.05) is 6.54 Å². The minimum absolute atomic E-state index is 0.250. The van der Waals surface area contributed by atoms with Crippen LogP contribution in [0.4, 0.5) is 0 Å². The molecule has 0 radical (unpaired) electrons. The number of carboxylic acid groups (broad SMARTS) is 3. The maximum absolute atomic E-state index is 12.8. The van der Waals surface area contributed by atoms with Gasteiger partial charge in [0.25, 0.3) is 0 Å². The Kier molecular flexibility index (Phi) is 14.9. The summed E-state index contributed by atoms with van der Waals surface area (Å²) in [6.07, 6.45) is 0.0635.